The van der Waals surface area contributed by atoms with Crippen LogP contribution in [0.5, 0.6) is 11.5 Å². The Morgan fingerprint density at radius 3 is 2.43 bits per heavy atom. The van der Waals surface area contributed by atoms with E-state index in [0.29, 0.717) is 43.4 Å². The van der Waals surface area contributed by atoms with E-state index >= 15 is 0 Å². The van der Waals surface area contributed by atoms with Crippen LogP contribution < -0.4 is 20.1 Å². The minimum atomic E-state index is -0.726. The summed E-state index contributed by atoms with van der Waals surface area (Å²) in [6.45, 7) is 1.72. The van der Waals surface area contributed by atoms with Gasteiger partial charge in [0.15, 0.2) is 11.5 Å². The van der Waals surface area contributed by atoms with Crippen LogP contribution >= 0.6 is 0 Å². The van der Waals surface area contributed by atoms with Crippen molar-refractivity contribution in [3.63, 3.8) is 0 Å². The van der Waals surface area contributed by atoms with Gasteiger partial charge in [-0.25, -0.2) is 0 Å². The number of nitro groups is 1. The van der Waals surface area contributed by atoms with E-state index in [4.69, 9.17) is 15.2 Å². The van der Waals surface area contributed by atoms with Gasteiger partial charge < -0.3 is 25.0 Å². The van der Waals surface area contributed by atoms with E-state index in [1.54, 1.807) is 17.0 Å². The molecule has 0 unspecified atom stereocenters. The van der Waals surface area contributed by atoms with Gasteiger partial charge in [-0.2, -0.15) is 0 Å². The highest BCUT2D eigenvalue weighted by Gasteiger charge is 2.33. The van der Waals surface area contributed by atoms with Gasteiger partial charge in [-0.1, -0.05) is 12.1 Å². The average molecular weight is 412 g/mol. The summed E-state index contributed by atoms with van der Waals surface area (Å²) in [5.41, 5.74) is 5.50. The quantitative estimate of drug-likeness (QED) is 0.590. The number of para-hydroxylation sites is 2. The second-order valence-electron chi connectivity index (χ2n) is 7.00. The largest absolute Gasteiger partial charge is 0.485 e. The fourth-order valence-electron chi connectivity index (χ4n) is 3.60. The maximum atomic E-state index is 12.8. The van der Waals surface area contributed by atoms with E-state index in [9.17, 15) is 19.7 Å². The summed E-state index contributed by atoms with van der Waals surface area (Å²) in [5.74, 6) is 0.239. The lowest BCUT2D eigenvalue weighted by Crippen LogP contribution is -2.54. The Balaban J connectivity index is 1.42. The monoisotopic (exact) mass is 412 g/mol. The smallest absolute Gasteiger partial charge is 0.293 e. The lowest BCUT2D eigenvalue weighted by molar-refractivity contribution is -0.384. The van der Waals surface area contributed by atoms with Gasteiger partial charge in [0.05, 0.1) is 4.92 Å². The second-order valence-corrected chi connectivity index (χ2v) is 7.00. The van der Waals surface area contributed by atoms with Crippen LogP contribution in [0.3, 0.4) is 0 Å². The molecule has 1 fully saturated rings. The fourth-order valence-corrected chi connectivity index (χ4v) is 3.60. The first kappa shape index (κ1) is 19.5. The standard InChI is InChI=1S/C20H20N4O6/c21-19(25)13-5-6-14(15(11-13)24(27)28)22-7-9-23(10-8-22)20(26)18-12-29-16-3-1-2-4-17(16)30-18/h1-6,11,18H,7-10,12H2,(H2,21,25)/t18-/m1/s1. The van der Waals surface area contributed by atoms with Crippen LogP contribution in [-0.4, -0.2) is 60.5 Å². The number of fused-ring (bicyclic) bond motifs is 1. The molecule has 2 heterocycles. The Labute approximate surface area is 171 Å². The lowest BCUT2D eigenvalue weighted by Gasteiger charge is -2.37. The molecule has 1 saturated heterocycles. The first-order chi connectivity index (χ1) is 14.4. The van der Waals surface area contributed by atoms with Crippen molar-refractivity contribution in [2.75, 3.05) is 37.7 Å². The molecule has 0 bridgehead atoms. The Morgan fingerprint density at radius 2 is 1.77 bits per heavy atom. The fraction of sp³-hybridized carbons (Fsp3) is 0.300. The number of nitrogens with zero attached hydrogens (tertiary/aromatic N) is 3. The highest BCUT2D eigenvalue weighted by molar-refractivity contribution is 5.94. The van der Waals surface area contributed by atoms with Crippen LogP contribution in [0, 0.1) is 10.1 Å². The topological polar surface area (TPSA) is 128 Å². The number of anilines is 1. The zero-order valence-electron chi connectivity index (χ0n) is 16.0. The maximum Gasteiger partial charge on any atom is 0.293 e. The molecule has 2 aromatic rings. The van der Waals surface area contributed by atoms with Crippen molar-refractivity contribution < 1.29 is 24.0 Å². The number of ether oxygens (including phenoxy) is 2. The Kier molecular flexibility index (Phi) is 5.13. The summed E-state index contributed by atoms with van der Waals surface area (Å²) in [7, 11) is 0. The zero-order chi connectivity index (χ0) is 21.3. The number of piperazine rings is 1. The van der Waals surface area contributed by atoms with Crippen molar-refractivity contribution in [3.8, 4) is 11.5 Å². The number of hydrogen-bond acceptors (Lipinski definition) is 7. The van der Waals surface area contributed by atoms with Gasteiger partial charge in [-0.05, 0) is 24.3 Å². The van der Waals surface area contributed by atoms with Gasteiger partial charge in [0.1, 0.15) is 12.3 Å². The number of carbonyl (C=O) groups excluding carboxylic acids is 2. The molecule has 0 saturated carbocycles. The summed E-state index contributed by atoms with van der Waals surface area (Å²) in [4.78, 5) is 38.6. The number of carbonyl (C=O) groups is 2. The van der Waals surface area contributed by atoms with Gasteiger partial charge >= 0.3 is 0 Å². The molecule has 2 amide bonds. The summed E-state index contributed by atoms with van der Waals surface area (Å²) in [5, 5.41) is 11.5. The third-order valence-electron chi connectivity index (χ3n) is 5.17. The van der Waals surface area contributed by atoms with Crippen molar-refractivity contribution in [2.45, 2.75) is 6.10 Å². The van der Waals surface area contributed by atoms with E-state index in [1.165, 1.54) is 18.2 Å². The van der Waals surface area contributed by atoms with E-state index in [1.807, 2.05) is 17.0 Å². The molecule has 2 aliphatic rings. The van der Waals surface area contributed by atoms with Crippen molar-refractivity contribution in [2.24, 2.45) is 5.73 Å². The molecule has 1 atom stereocenters. The number of nitrogens with two attached hydrogens (primary N) is 1. The molecule has 156 valence electrons. The zero-order valence-corrected chi connectivity index (χ0v) is 16.0. The molecule has 10 nitrogen and oxygen atoms in total. The Morgan fingerprint density at radius 1 is 1.07 bits per heavy atom. The molecule has 30 heavy (non-hydrogen) atoms. The number of nitro benzene ring substituents is 1. The summed E-state index contributed by atoms with van der Waals surface area (Å²) >= 11 is 0. The van der Waals surface area contributed by atoms with Crippen LogP contribution in [0.2, 0.25) is 0 Å². The maximum absolute atomic E-state index is 12.8. The average Bonchev–Trinajstić information content (AvgIpc) is 2.78. The highest BCUT2D eigenvalue weighted by atomic mass is 16.6. The van der Waals surface area contributed by atoms with Crippen LogP contribution in [-0.2, 0) is 4.79 Å². The summed E-state index contributed by atoms with van der Waals surface area (Å²) in [6, 6.07) is 11.3. The molecule has 2 N–H and O–H groups in total. The molecule has 0 spiro atoms. The van der Waals surface area contributed by atoms with Gasteiger partial charge in [0.2, 0.25) is 12.0 Å². The minimum absolute atomic E-state index is 0.0778. The molecular weight excluding hydrogens is 392 g/mol. The van der Waals surface area contributed by atoms with E-state index in [0.717, 1.165) is 0 Å². The normalized spacial score (nSPS) is 18.1. The van der Waals surface area contributed by atoms with Gasteiger partial charge in [-0.3, -0.25) is 19.7 Å². The molecular formula is C20H20N4O6. The molecule has 2 aromatic carbocycles. The number of primary amides is 1. The highest BCUT2D eigenvalue weighted by Crippen LogP contribution is 2.32. The first-order valence-electron chi connectivity index (χ1n) is 9.44. The van der Waals surface area contributed by atoms with E-state index < -0.39 is 16.9 Å². The molecule has 0 radical (unpaired) electrons. The minimum Gasteiger partial charge on any atom is -0.485 e. The number of benzene rings is 2. The predicted molar refractivity (Wildman–Crippen MR) is 107 cm³/mol. The number of rotatable bonds is 4. The molecule has 4 rings (SSSR count). The van der Waals surface area contributed by atoms with Gasteiger partial charge in [0, 0.05) is 37.8 Å². The molecule has 2 aliphatic heterocycles. The van der Waals surface area contributed by atoms with Crippen molar-refractivity contribution in [1.29, 1.82) is 0 Å². The van der Waals surface area contributed by atoms with E-state index in [-0.39, 0.29) is 23.8 Å². The first-order valence-corrected chi connectivity index (χ1v) is 9.44. The van der Waals surface area contributed by atoms with E-state index in [2.05, 4.69) is 0 Å². The summed E-state index contributed by atoms with van der Waals surface area (Å²) < 4.78 is 11.4. The lowest BCUT2D eigenvalue weighted by atomic mass is 10.1. The number of amides is 2. The number of hydrogen-bond donors (Lipinski definition) is 1. The summed E-state index contributed by atoms with van der Waals surface area (Å²) in [6.07, 6.45) is -0.726. The molecule has 0 aliphatic carbocycles. The second kappa shape index (κ2) is 7.90. The third kappa shape index (κ3) is 3.71. The SMILES string of the molecule is NC(=O)c1ccc(N2CCN(C(=O)[C@H]3COc4ccccc4O3)CC2)c([N+](=O)[O-])c1. The van der Waals surface area contributed by atoms with Crippen LogP contribution in [0.4, 0.5) is 11.4 Å². The van der Waals surface area contributed by atoms with Crippen LogP contribution in [0.1, 0.15) is 10.4 Å². The van der Waals surface area contributed by atoms with Crippen LogP contribution in [0.25, 0.3) is 0 Å². The predicted octanol–water partition coefficient (Wildman–Crippen LogP) is 1.18. The third-order valence-corrected chi connectivity index (χ3v) is 5.17. The Hall–Kier alpha value is -3.82. The van der Waals surface area contributed by atoms with Crippen molar-refractivity contribution >= 4 is 23.2 Å². The van der Waals surface area contributed by atoms with Crippen molar-refractivity contribution in [3.05, 3.63) is 58.1 Å². The molecule has 10 heteroatoms. The van der Waals surface area contributed by atoms with Gasteiger partial charge in [-0.15, -0.1) is 0 Å². The van der Waals surface area contributed by atoms with Gasteiger partial charge in [0.25, 0.3) is 11.6 Å². The molecule has 0 aromatic heterocycles. The Bertz CT molecular complexity index is 1000. The van der Waals surface area contributed by atoms with Crippen LogP contribution in [0.15, 0.2) is 42.5 Å². The van der Waals surface area contributed by atoms with Crippen molar-refractivity contribution in [1.82, 2.24) is 4.90 Å².